The number of hydrogen-bond acceptors (Lipinski definition) is 3. The molecule has 5 nitrogen and oxygen atoms in total. The van der Waals surface area contributed by atoms with Gasteiger partial charge in [0.15, 0.2) is 0 Å². The molecule has 0 N–H and O–H groups in total. The predicted octanol–water partition coefficient (Wildman–Crippen LogP) is 4.77. The fourth-order valence-electron chi connectivity index (χ4n) is 4.00. The highest BCUT2D eigenvalue weighted by molar-refractivity contribution is 6.30. The summed E-state index contributed by atoms with van der Waals surface area (Å²) in [6, 6.07) is 4.50. The van der Waals surface area contributed by atoms with Gasteiger partial charge in [-0.1, -0.05) is 11.6 Å². The Kier molecular flexibility index (Phi) is 5.39. The number of amides is 2. The van der Waals surface area contributed by atoms with Crippen molar-refractivity contribution in [3.05, 3.63) is 29.0 Å². The molecule has 0 aromatic heterocycles. The third-order valence-electron chi connectivity index (χ3n) is 5.26. The van der Waals surface area contributed by atoms with Crippen molar-refractivity contribution in [3.63, 3.8) is 0 Å². The average molecular weight is 397 g/mol. The average Bonchev–Trinajstić information content (AvgIpc) is 2.57. The topological polar surface area (TPSA) is 49.9 Å². The fourth-order valence-corrected chi connectivity index (χ4v) is 4.12. The standard InChI is InChI=1S/C20H26ClFN2O3/c1-19(2,3)27-18(26)23-11-9-20(10-12-23)8-4-5-17(25)24(20)14-6-7-15(21)16(22)13-14/h6-7,13H,4-5,8-12H2,1-3H3. The summed E-state index contributed by atoms with van der Waals surface area (Å²) in [5.74, 6) is -0.539. The lowest BCUT2D eigenvalue weighted by atomic mass is 9.78. The van der Waals surface area contributed by atoms with E-state index in [4.69, 9.17) is 16.3 Å². The molecule has 0 bridgehead atoms. The van der Waals surface area contributed by atoms with Crippen LogP contribution in [0.5, 0.6) is 0 Å². The van der Waals surface area contributed by atoms with Crippen LogP contribution in [0.3, 0.4) is 0 Å². The maximum Gasteiger partial charge on any atom is 0.410 e. The maximum atomic E-state index is 14.0. The number of benzene rings is 1. The van der Waals surface area contributed by atoms with Crippen molar-refractivity contribution in [2.75, 3.05) is 18.0 Å². The molecule has 1 spiro atoms. The van der Waals surface area contributed by atoms with E-state index < -0.39 is 17.0 Å². The molecule has 3 rings (SSSR count). The number of ether oxygens (including phenoxy) is 1. The SMILES string of the molecule is CC(C)(C)OC(=O)N1CCC2(CCCC(=O)N2c2ccc(Cl)c(F)c2)CC1. The first-order valence-electron chi connectivity index (χ1n) is 9.37. The van der Waals surface area contributed by atoms with Crippen LogP contribution in [0.4, 0.5) is 14.9 Å². The Bertz CT molecular complexity index is 739. The molecule has 27 heavy (non-hydrogen) atoms. The monoisotopic (exact) mass is 396 g/mol. The predicted molar refractivity (Wildman–Crippen MR) is 103 cm³/mol. The lowest BCUT2D eigenvalue weighted by Gasteiger charge is -2.51. The van der Waals surface area contributed by atoms with Crippen molar-refractivity contribution in [2.24, 2.45) is 0 Å². The van der Waals surface area contributed by atoms with E-state index in [1.54, 1.807) is 15.9 Å². The lowest BCUT2D eigenvalue weighted by Crippen LogP contribution is -2.60. The molecule has 0 unspecified atom stereocenters. The van der Waals surface area contributed by atoms with Crippen LogP contribution in [-0.2, 0) is 9.53 Å². The number of carbonyl (C=O) groups is 2. The molecule has 2 saturated heterocycles. The molecule has 0 radical (unpaired) electrons. The summed E-state index contributed by atoms with van der Waals surface area (Å²) in [5, 5.41) is 0.0389. The second-order valence-electron chi connectivity index (χ2n) is 8.37. The van der Waals surface area contributed by atoms with Crippen molar-refractivity contribution in [3.8, 4) is 0 Å². The molecular weight excluding hydrogens is 371 g/mol. The molecule has 1 aromatic rings. The summed E-state index contributed by atoms with van der Waals surface area (Å²) in [6.07, 6.45) is 3.04. The number of carbonyl (C=O) groups excluding carboxylic acids is 2. The first kappa shape index (κ1) is 19.9. The Morgan fingerprint density at radius 2 is 1.89 bits per heavy atom. The van der Waals surface area contributed by atoms with Crippen LogP contribution in [0.1, 0.15) is 52.9 Å². The van der Waals surface area contributed by atoms with E-state index in [9.17, 15) is 14.0 Å². The van der Waals surface area contributed by atoms with Gasteiger partial charge in [-0.05, 0) is 64.7 Å². The molecule has 0 atom stereocenters. The second kappa shape index (κ2) is 7.30. The maximum absolute atomic E-state index is 14.0. The van der Waals surface area contributed by atoms with Gasteiger partial charge in [-0.2, -0.15) is 0 Å². The van der Waals surface area contributed by atoms with Crippen molar-refractivity contribution in [1.29, 1.82) is 0 Å². The summed E-state index contributed by atoms with van der Waals surface area (Å²) >= 11 is 5.80. The number of nitrogens with zero attached hydrogens (tertiary/aromatic N) is 2. The van der Waals surface area contributed by atoms with Crippen molar-refractivity contribution >= 4 is 29.3 Å². The van der Waals surface area contributed by atoms with Gasteiger partial charge >= 0.3 is 6.09 Å². The smallest absolute Gasteiger partial charge is 0.410 e. The molecule has 2 fully saturated rings. The Morgan fingerprint density at radius 1 is 1.22 bits per heavy atom. The van der Waals surface area contributed by atoms with Gasteiger partial charge < -0.3 is 14.5 Å². The molecule has 2 aliphatic heterocycles. The summed E-state index contributed by atoms with van der Waals surface area (Å²) in [7, 11) is 0. The van der Waals surface area contributed by atoms with E-state index in [0.717, 1.165) is 12.8 Å². The zero-order valence-electron chi connectivity index (χ0n) is 16.1. The van der Waals surface area contributed by atoms with Crippen molar-refractivity contribution in [1.82, 2.24) is 4.90 Å². The van der Waals surface area contributed by atoms with E-state index in [1.165, 1.54) is 12.1 Å². The van der Waals surface area contributed by atoms with Gasteiger partial charge in [-0.25, -0.2) is 9.18 Å². The molecule has 0 aliphatic carbocycles. The van der Waals surface area contributed by atoms with Crippen LogP contribution in [0.2, 0.25) is 5.02 Å². The van der Waals surface area contributed by atoms with Crippen LogP contribution in [0.15, 0.2) is 18.2 Å². The van der Waals surface area contributed by atoms with Crippen LogP contribution >= 0.6 is 11.6 Å². The van der Waals surface area contributed by atoms with E-state index in [0.29, 0.717) is 38.0 Å². The highest BCUT2D eigenvalue weighted by Gasteiger charge is 2.46. The number of hydrogen-bond donors (Lipinski definition) is 0. The van der Waals surface area contributed by atoms with Gasteiger partial charge in [0.1, 0.15) is 11.4 Å². The van der Waals surface area contributed by atoms with E-state index >= 15 is 0 Å². The second-order valence-corrected chi connectivity index (χ2v) is 8.78. The van der Waals surface area contributed by atoms with Gasteiger partial charge in [-0.3, -0.25) is 4.79 Å². The Hall–Kier alpha value is -1.82. The first-order chi connectivity index (χ1) is 12.6. The summed E-state index contributed by atoms with van der Waals surface area (Å²) in [6.45, 7) is 6.54. The largest absolute Gasteiger partial charge is 0.444 e. The van der Waals surface area contributed by atoms with Gasteiger partial charge in [0.2, 0.25) is 5.91 Å². The summed E-state index contributed by atoms with van der Waals surface area (Å²) in [4.78, 5) is 28.5. The Labute approximate surface area is 164 Å². The van der Waals surface area contributed by atoms with Crippen molar-refractivity contribution < 1.29 is 18.7 Å². The zero-order valence-corrected chi connectivity index (χ0v) is 16.8. The molecule has 148 valence electrons. The Balaban J connectivity index is 1.80. The number of halogens is 2. The molecule has 0 saturated carbocycles. The fraction of sp³-hybridized carbons (Fsp3) is 0.600. The number of piperidine rings is 2. The zero-order chi connectivity index (χ0) is 19.8. The molecular formula is C20H26ClFN2O3. The lowest BCUT2D eigenvalue weighted by molar-refractivity contribution is -0.122. The van der Waals surface area contributed by atoms with E-state index in [-0.39, 0.29) is 17.0 Å². The van der Waals surface area contributed by atoms with Crippen molar-refractivity contribution in [2.45, 2.75) is 64.0 Å². The normalized spacial score (nSPS) is 20.1. The van der Waals surface area contributed by atoms with Gasteiger partial charge in [0.05, 0.1) is 10.6 Å². The number of anilines is 1. The van der Waals surface area contributed by atoms with Crippen LogP contribution in [-0.4, -0.2) is 41.1 Å². The molecule has 7 heteroatoms. The van der Waals surface area contributed by atoms with E-state index in [1.807, 2.05) is 20.8 Å². The number of likely N-dealkylation sites (tertiary alicyclic amines) is 1. The third kappa shape index (κ3) is 4.21. The third-order valence-corrected chi connectivity index (χ3v) is 5.57. The van der Waals surface area contributed by atoms with Gasteiger partial charge in [-0.15, -0.1) is 0 Å². The highest BCUT2D eigenvalue weighted by atomic mass is 35.5. The summed E-state index contributed by atoms with van der Waals surface area (Å²) < 4.78 is 19.5. The molecule has 2 amide bonds. The quantitative estimate of drug-likeness (QED) is 0.687. The minimum atomic E-state index is -0.542. The van der Waals surface area contributed by atoms with Crippen LogP contribution in [0.25, 0.3) is 0 Å². The van der Waals surface area contributed by atoms with E-state index in [2.05, 4.69) is 0 Å². The van der Waals surface area contributed by atoms with Crippen LogP contribution < -0.4 is 4.90 Å². The summed E-state index contributed by atoms with van der Waals surface area (Å²) in [5.41, 5.74) is -0.402. The Morgan fingerprint density at radius 3 is 2.48 bits per heavy atom. The molecule has 2 aliphatic rings. The van der Waals surface area contributed by atoms with Gasteiger partial charge in [0, 0.05) is 25.2 Å². The molecule has 1 aromatic carbocycles. The van der Waals surface area contributed by atoms with Crippen LogP contribution in [0, 0.1) is 5.82 Å². The van der Waals surface area contributed by atoms with Gasteiger partial charge in [0.25, 0.3) is 0 Å². The first-order valence-corrected chi connectivity index (χ1v) is 9.75. The molecule has 2 heterocycles. The minimum Gasteiger partial charge on any atom is -0.444 e. The number of rotatable bonds is 1. The minimum absolute atomic E-state index is 0.00584. The highest BCUT2D eigenvalue weighted by Crippen LogP contribution is 2.41.